The zero-order valence-electron chi connectivity index (χ0n) is 11.1. The zero-order chi connectivity index (χ0) is 12.9. The van der Waals surface area contributed by atoms with Gasteiger partial charge in [0, 0.05) is 31.0 Å². The molecule has 0 aromatic carbocycles. The van der Waals surface area contributed by atoms with Crippen LogP contribution in [0.2, 0.25) is 0 Å². The summed E-state index contributed by atoms with van der Waals surface area (Å²) in [7, 11) is 1.67. The van der Waals surface area contributed by atoms with Crippen molar-refractivity contribution in [3.05, 3.63) is 16.7 Å². The number of imidazole rings is 1. The molecular weight excluding hydrogens is 236 g/mol. The van der Waals surface area contributed by atoms with Crippen molar-refractivity contribution in [3.8, 4) is 0 Å². The Morgan fingerprint density at radius 1 is 1.29 bits per heavy atom. The number of nitrogens with zero attached hydrogens (tertiary/aromatic N) is 1. The molecular formula is C12H22N2O2S. The Hall–Kier alpha value is -0.650. The molecule has 0 aliphatic heterocycles. The summed E-state index contributed by atoms with van der Waals surface area (Å²) in [6, 6.07) is 0. The lowest BCUT2D eigenvalue weighted by Gasteiger charge is -2.20. The number of hydrogen-bond acceptors (Lipinski definition) is 3. The largest absolute Gasteiger partial charge is 0.382 e. The molecule has 5 heteroatoms. The summed E-state index contributed by atoms with van der Waals surface area (Å²) in [6.07, 6.45) is 1.98. The van der Waals surface area contributed by atoms with Crippen LogP contribution in [0, 0.1) is 4.77 Å². The Morgan fingerprint density at radius 2 is 2.00 bits per heavy atom. The van der Waals surface area contributed by atoms with Crippen molar-refractivity contribution in [1.82, 2.24) is 9.55 Å². The molecule has 0 amide bonds. The van der Waals surface area contributed by atoms with E-state index >= 15 is 0 Å². The highest BCUT2D eigenvalue weighted by Crippen LogP contribution is 2.22. The van der Waals surface area contributed by atoms with Gasteiger partial charge in [0.15, 0.2) is 4.77 Å². The second-order valence-electron chi connectivity index (χ2n) is 4.99. The Balaban J connectivity index is 2.58. The lowest BCUT2D eigenvalue weighted by molar-refractivity contribution is 0.0660. The molecule has 1 aromatic rings. The molecule has 0 spiro atoms. The van der Waals surface area contributed by atoms with Gasteiger partial charge in [-0.25, -0.2) is 0 Å². The maximum atomic E-state index is 5.46. The quantitative estimate of drug-likeness (QED) is 0.629. The van der Waals surface area contributed by atoms with Gasteiger partial charge >= 0.3 is 0 Å². The fraction of sp³-hybridized carbons (Fsp3) is 0.750. The van der Waals surface area contributed by atoms with Gasteiger partial charge in [-0.1, -0.05) is 20.8 Å². The Kier molecular flexibility index (Phi) is 5.36. The maximum Gasteiger partial charge on any atom is 0.177 e. The first-order valence-corrected chi connectivity index (χ1v) is 6.23. The molecule has 98 valence electrons. The number of rotatable bonds is 6. The third-order valence-electron chi connectivity index (χ3n) is 2.53. The summed E-state index contributed by atoms with van der Waals surface area (Å²) in [5, 5.41) is 0. The Morgan fingerprint density at radius 3 is 2.59 bits per heavy atom. The molecule has 0 saturated carbocycles. The highest BCUT2D eigenvalue weighted by molar-refractivity contribution is 7.71. The zero-order valence-corrected chi connectivity index (χ0v) is 11.9. The molecule has 1 heterocycles. The summed E-state index contributed by atoms with van der Waals surface area (Å²) in [5.41, 5.74) is 1.29. The van der Waals surface area contributed by atoms with E-state index in [0.29, 0.717) is 19.8 Å². The van der Waals surface area contributed by atoms with Gasteiger partial charge in [0.05, 0.1) is 19.8 Å². The van der Waals surface area contributed by atoms with E-state index in [1.807, 2.05) is 6.20 Å². The summed E-state index contributed by atoms with van der Waals surface area (Å²) in [6.45, 7) is 9.20. The molecule has 1 rings (SSSR count). The number of methoxy groups -OCH3 is 1. The number of hydrogen-bond donors (Lipinski definition) is 1. The van der Waals surface area contributed by atoms with E-state index < -0.39 is 0 Å². The van der Waals surface area contributed by atoms with Crippen molar-refractivity contribution in [2.24, 2.45) is 0 Å². The van der Waals surface area contributed by atoms with Crippen molar-refractivity contribution < 1.29 is 9.47 Å². The van der Waals surface area contributed by atoms with Crippen molar-refractivity contribution in [2.75, 3.05) is 26.9 Å². The lowest BCUT2D eigenvalue weighted by Crippen LogP contribution is -2.19. The van der Waals surface area contributed by atoms with Crippen LogP contribution < -0.4 is 0 Å². The van der Waals surface area contributed by atoms with Gasteiger partial charge in [-0.15, -0.1) is 0 Å². The first kappa shape index (κ1) is 14.4. The summed E-state index contributed by atoms with van der Waals surface area (Å²) in [4.78, 5) is 3.09. The summed E-state index contributed by atoms with van der Waals surface area (Å²) < 4.78 is 13.2. The second-order valence-corrected chi connectivity index (χ2v) is 5.37. The van der Waals surface area contributed by atoms with Crippen LogP contribution in [0.25, 0.3) is 0 Å². The number of nitrogens with one attached hydrogen (secondary N) is 1. The highest BCUT2D eigenvalue weighted by Gasteiger charge is 2.18. The van der Waals surface area contributed by atoms with E-state index in [-0.39, 0.29) is 5.41 Å². The fourth-order valence-corrected chi connectivity index (χ4v) is 1.89. The van der Waals surface area contributed by atoms with Gasteiger partial charge < -0.3 is 19.0 Å². The predicted molar refractivity (Wildman–Crippen MR) is 71.0 cm³/mol. The smallest absolute Gasteiger partial charge is 0.177 e. The monoisotopic (exact) mass is 258 g/mol. The van der Waals surface area contributed by atoms with Gasteiger partial charge in [0.25, 0.3) is 0 Å². The average molecular weight is 258 g/mol. The molecule has 0 bridgehead atoms. The van der Waals surface area contributed by atoms with Crippen LogP contribution in [0.5, 0.6) is 0 Å². The molecule has 0 atom stereocenters. The van der Waals surface area contributed by atoms with E-state index in [0.717, 1.165) is 11.3 Å². The fourth-order valence-electron chi connectivity index (χ4n) is 1.64. The maximum absolute atomic E-state index is 5.46. The number of ether oxygens (including phenoxy) is 2. The van der Waals surface area contributed by atoms with Crippen LogP contribution in [0.3, 0.4) is 0 Å². The molecule has 0 radical (unpaired) electrons. The van der Waals surface area contributed by atoms with Crippen molar-refractivity contribution in [3.63, 3.8) is 0 Å². The molecule has 0 aliphatic carbocycles. The van der Waals surface area contributed by atoms with E-state index in [9.17, 15) is 0 Å². The molecule has 0 aliphatic rings. The summed E-state index contributed by atoms with van der Waals surface area (Å²) in [5.74, 6) is 0. The minimum atomic E-state index is 0.0834. The lowest BCUT2D eigenvalue weighted by atomic mass is 9.93. The molecule has 4 nitrogen and oxygen atoms in total. The van der Waals surface area contributed by atoms with Crippen molar-refractivity contribution in [1.29, 1.82) is 0 Å². The van der Waals surface area contributed by atoms with E-state index in [1.54, 1.807) is 7.11 Å². The van der Waals surface area contributed by atoms with E-state index in [4.69, 9.17) is 21.7 Å². The molecule has 17 heavy (non-hydrogen) atoms. The van der Waals surface area contributed by atoms with Gasteiger partial charge in [0.2, 0.25) is 0 Å². The summed E-state index contributed by atoms with van der Waals surface area (Å²) >= 11 is 5.27. The van der Waals surface area contributed by atoms with Crippen LogP contribution in [0.15, 0.2) is 6.20 Å². The Bertz CT molecular complexity index is 390. The third kappa shape index (κ3) is 4.26. The van der Waals surface area contributed by atoms with Crippen LogP contribution in [0.4, 0.5) is 0 Å². The number of aromatic amines is 1. The topological polar surface area (TPSA) is 39.2 Å². The highest BCUT2D eigenvalue weighted by atomic mass is 32.1. The molecule has 0 unspecified atom stereocenters. The number of aromatic nitrogens is 2. The van der Waals surface area contributed by atoms with Gasteiger partial charge in [0.1, 0.15) is 0 Å². The van der Waals surface area contributed by atoms with Crippen molar-refractivity contribution in [2.45, 2.75) is 32.7 Å². The minimum absolute atomic E-state index is 0.0834. The average Bonchev–Trinajstić information content (AvgIpc) is 2.59. The van der Waals surface area contributed by atoms with E-state index in [1.165, 1.54) is 5.69 Å². The third-order valence-corrected chi connectivity index (χ3v) is 2.87. The van der Waals surface area contributed by atoms with Gasteiger partial charge in [-0.05, 0) is 12.2 Å². The first-order valence-electron chi connectivity index (χ1n) is 5.82. The first-order chi connectivity index (χ1) is 7.96. The van der Waals surface area contributed by atoms with Crippen molar-refractivity contribution >= 4 is 12.2 Å². The molecule has 1 aromatic heterocycles. The predicted octanol–water partition coefficient (Wildman–Crippen LogP) is 2.51. The van der Waals surface area contributed by atoms with E-state index in [2.05, 4.69) is 30.3 Å². The number of H-pyrrole nitrogens is 1. The Labute approximate surface area is 108 Å². The van der Waals surface area contributed by atoms with Crippen LogP contribution in [-0.4, -0.2) is 36.5 Å². The molecule has 0 saturated heterocycles. The normalized spacial score (nSPS) is 12.0. The SMILES string of the molecule is COCCOCCn1c(C(C)(C)C)c[nH]c1=S. The molecule has 1 N–H and O–H groups in total. The minimum Gasteiger partial charge on any atom is -0.382 e. The molecule has 0 fully saturated rings. The van der Waals surface area contributed by atoms with Gasteiger partial charge in [-0.3, -0.25) is 0 Å². The van der Waals surface area contributed by atoms with Crippen LogP contribution >= 0.6 is 12.2 Å². The second kappa shape index (κ2) is 6.33. The van der Waals surface area contributed by atoms with Crippen LogP contribution in [0.1, 0.15) is 26.5 Å². The standard InChI is InChI=1S/C12H22N2O2S/c1-12(2,3)10-9-13-11(17)14(10)5-6-16-8-7-15-4/h9H,5-8H2,1-4H3,(H,13,17). The van der Waals surface area contributed by atoms with Gasteiger partial charge in [-0.2, -0.15) is 0 Å². The van der Waals surface area contributed by atoms with Crippen LogP contribution in [-0.2, 0) is 21.4 Å².